The quantitative estimate of drug-likeness (QED) is 0.818. The third-order valence-corrected chi connectivity index (χ3v) is 3.76. The molecule has 0 saturated heterocycles. The fourth-order valence-electron chi connectivity index (χ4n) is 2.18. The van der Waals surface area contributed by atoms with Gasteiger partial charge in [-0.1, -0.05) is 49.3 Å². The van der Waals surface area contributed by atoms with Crippen LogP contribution in [0.1, 0.15) is 60.5 Å². The van der Waals surface area contributed by atoms with Crippen LogP contribution >= 0.6 is 0 Å². The van der Waals surface area contributed by atoms with Gasteiger partial charge in [-0.05, 0) is 12.0 Å². The molecule has 2 aromatic rings. The van der Waals surface area contributed by atoms with Gasteiger partial charge in [-0.3, -0.25) is 9.59 Å². The van der Waals surface area contributed by atoms with Crippen molar-refractivity contribution in [2.75, 3.05) is 0 Å². The molecule has 6 heteroatoms. The average Bonchev–Trinajstić information content (AvgIpc) is 3.04. The van der Waals surface area contributed by atoms with Gasteiger partial charge in [0.25, 0.3) is 5.91 Å². The molecule has 0 aliphatic rings. The van der Waals surface area contributed by atoms with Crippen molar-refractivity contribution in [2.24, 2.45) is 0 Å². The average molecular weight is 316 g/mol. The Balaban J connectivity index is 2.14. The van der Waals surface area contributed by atoms with Crippen molar-refractivity contribution >= 4 is 11.9 Å². The Morgan fingerprint density at radius 3 is 2.61 bits per heavy atom. The van der Waals surface area contributed by atoms with Gasteiger partial charge in [-0.15, -0.1) is 0 Å². The molecule has 6 nitrogen and oxygen atoms in total. The van der Waals surface area contributed by atoms with Gasteiger partial charge in [0.05, 0.1) is 18.2 Å². The monoisotopic (exact) mass is 316 g/mol. The largest absolute Gasteiger partial charge is 0.481 e. The van der Waals surface area contributed by atoms with Crippen LogP contribution in [-0.2, 0) is 4.79 Å². The number of nitrogens with one attached hydrogen (secondary N) is 1. The van der Waals surface area contributed by atoms with Crippen LogP contribution < -0.4 is 5.32 Å². The lowest BCUT2D eigenvalue weighted by molar-refractivity contribution is -0.137. The number of carboxylic acids is 1. The predicted molar refractivity (Wildman–Crippen MR) is 84.1 cm³/mol. The number of rotatable bonds is 7. The summed E-state index contributed by atoms with van der Waals surface area (Å²) in [4.78, 5) is 23.3. The van der Waals surface area contributed by atoms with E-state index in [1.54, 1.807) is 30.3 Å². The van der Waals surface area contributed by atoms with Crippen molar-refractivity contribution in [3.05, 3.63) is 53.4 Å². The molecule has 0 saturated carbocycles. The number of aliphatic carboxylic acids is 1. The third-order valence-electron chi connectivity index (χ3n) is 3.76. The molecule has 1 heterocycles. The molecular weight excluding hydrogens is 296 g/mol. The van der Waals surface area contributed by atoms with Crippen molar-refractivity contribution in [3.8, 4) is 0 Å². The van der Waals surface area contributed by atoms with E-state index in [4.69, 9.17) is 9.63 Å². The van der Waals surface area contributed by atoms with E-state index in [2.05, 4.69) is 10.5 Å². The van der Waals surface area contributed by atoms with Crippen LogP contribution in [0.2, 0.25) is 0 Å². The first-order chi connectivity index (χ1) is 11.0. The van der Waals surface area contributed by atoms with Crippen molar-refractivity contribution in [1.29, 1.82) is 0 Å². The number of benzene rings is 1. The second kappa shape index (κ2) is 7.58. The number of carbonyl (C=O) groups excluding carboxylic acids is 1. The Labute approximate surface area is 134 Å². The van der Waals surface area contributed by atoms with E-state index in [1.807, 2.05) is 19.9 Å². The van der Waals surface area contributed by atoms with Gasteiger partial charge in [0.1, 0.15) is 0 Å². The molecule has 0 bridgehead atoms. The summed E-state index contributed by atoms with van der Waals surface area (Å²) in [5, 5.41) is 15.6. The molecule has 0 aliphatic heterocycles. The summed E-state index contributed by atoms with van der Waals surface area (Å²) in [5.74, 6) is -1.17. The molecule has 0 fully saturated rings. The highest BCUT2D eigenvalue weighted by atomic mass is 16.5. The van der Waals surface area contributed by atoms with Gasteiger partial charge in [0, 0.05) is 12.0 Å². The molecule has 0 radical (unpaired) electrons. The Bertz CT molecular complexity index is 666. The Kier molecular flexibility index (Phi) is 5.51. The standard InChI is InChI=1S/C17H20N2O4/c1-3-11(2)13-9-15(23-19-13)17(22)18-14(10-16(20)21)12-7-5-4-6-8-12/h4-9,11,14H,3,10H2,1-2H3,(H,18,22)(H,20,21)/t11-,14-/m1/s1. The van der Waals surface area contributed by atoms with Crippen molar-refractivity contribution in [2.45, 2.75) is 38.6 Å². The van der Waals surface area contributed by atoms with E-state index in [0.717, 1.165) is 12.0 Å². The zero-order chi connectivity index (χ0) is 16.8. The van der Waals surface area contributed by atoms with Crippen LogP contribution in [0.15, 0.2) is 40.9 Å². The fraction of sp³-hybridized carbons (Fsp3) is 0.353. The molecule has 2 N–H and O–H groups in total. The normalized spacial score (nSPS) is 13.3. The molecule has 23 heavy (non-hydrogen) atoms. The number of aromatic nitrogens is 1. The highest BCUT2D eigenvalue weighted by Gasteiger charge is 2.22. The van der Waals surface area contributed by atoms with Gasteiger partial charge in [-0.25, -0.2) is 0 Å². The molecule has 0 unspecified atom stereocenters. The fourth-order valence-corrected chi connectivity index (χ4v) is 2.18. The van der Waals surface area contributed by atoms with Crippen molar-refractivity contribution in [3.63, 3.8) is 0 Å². The maximum Gasteiger partial charge on any atom is 0.305 e. The second-order valence-corrected chi connectivity index (χ2v) is 5.46. The Hall–Kier alpha value is -2.63. The highest BCUT2D eigenvalue weighted by Crippen LogP contribution is 2.20. The lowest BCUT2D eigenvalue weighted by Gasteiger charge is -2.16. The van der Waals surface area contributed by atoms with Crippen LogP contribution in [0.3, 0.4) is 0 Å². The number of carbonyl (C=O) groups is 2. The summed E-state index contributed by atoms with van der Waals surface area (Å²) in [6, 6.07) is 9.96. The second-order valence-electron chi connectivity index (χ2n) is 5.46. The molecule has 122 valence electrons. The summed E-state index contributed by atoms with van der Waals surface area (Å²) in [5.41, 5.74) is 1.44. The van der Waals surface area contributed by atoms with Gasteiger partial charge in [0.2, 0.25) is 5.76 Å². The summed E-state index contributed by atoms with van der Waals surface area (Å²) >= 11 is 0. The predicted octanol–water partition coefficient (Wildman–Crippen LogP) is 3.13. The lowest BCUT2D eigenvalue weighted by atomic mass is 10.0. The van der Waals surface area contributed by atoms with Crippen LogP contribution in [-0.4, -0.2) is 22.1 Å². The van der Waals surface area contributed by atoms with Crippen molar-refractivity contribution in [1.82, 2.24) is 10.5 Å². The van der Waals surface area contributed by atoms with E-state index in [1.165, 1.54) is 0 Å². The number of carboxylic acid groups (broad SMARTS) is 1. The number of nitrogens with zero attached hydrogens (tertiary/aromatic N) is 1. The smallest absolute Gasteiger partial charge is 0.305 e. The zero-order valence-electron chi connectivity index (χ0n) is 13.2. The SMILES string of the molecule is CC[C@@H](C)c1cc(C(=O)N[C@H](CC(=O)O)c2ccccc2)on1. The first-order valence-corrected chi connectivity index (χ1v) is 7.55. The minimum Gasteiger partial charge on any atom is -0.481 e. The van der Waals surface area contributed by atoms with Crippen LogP contribution in [0.4, 0.5) is 0 Å². The minimum absolute atomic E-state index is 0.0895. The summed E-state index contributed by atoms with van der Waals surface area (Å²) in [7, 11) is 0. The third kappa shape index (κ3) is 4.42. The van der Waals surface area contributed by atoms with E-state index < -0.39 is 17.9 Å². The number of hydrogen-bond acceptors (Lipinski definition) is 4. The van der Waals surface area contributed by atoms with E-state index >= 15 is 0 Å². The van der Waals surface area contributed by atoms with Crippen molar-refractivity contribution < 1.29 is 19.2 Å². The highest BCUT2D eigenvalue weighted by molar-refractivity contribution is 5.92. The van der Waals surface area contributed by atoms with Gasteiger partial charge >= 0.3 is 5.97 Å². The molecule has 2 rings (SSSR count). The maximum atomic E-state index is 12.3. The molecule has 1 aromatic heterocycles. The molecule has 1 amide bonds. The number of amides is 1. The van der Waals surface area contributed by atoms with E-state index in [0.29, 0.717) is 5.69 Å². The molecule has 0 spiro atoms. The molecule has 2 atom stereocenters. The van der Waals surface area contributed by atoms with E-state index in [-0.39, 0.29) is 18.1 Å². The number of hydrogen-bond donors (Lipinski definition) is 2. The topological polar surface area (TPSA) is 92.4 Å². The van der Waals surface area contributed by atoms with Crippen LogP contribution in [0.25, 0.3) is 0 Å². The summed E-state index contributed by atoms with van der Waals surface area (Å²) in [6.07, 6.45) is 0.682. The first-order valence-electron chi connectivity index (χ1n) is 7.55. The summed E-state index contributed by atoms with van der Waals surface area (Å²) < 4.78 is 5.08. The molecule has 0 aliphatic carbocycles. The Morgan fingerprint density at radius 2 is 2.00 bits per heavy atom. The van der Waals surface area contributed by atoms with Gasteiger partial charge in [-0.2, -0.15) is 0 Å². The Morgan fingerprint density at radius 1 is 1.30 bits per heavy atom. The molecular formula is C17H20N2O4. The van der Waals surface area contributed by atoms with Gasteiger partial charge < -0.3 is 14.9 Å². The first kappa shape index (κ1) is 16.7. The van der Waals surface area contributed by atoms with E-state index in [9.17, 15) is 9.59 Å². The summed E-state index contributed by atoms with van der Waals surface area (Å²) in [6.45, 7) is 4.02. The van der Waals surface area contributed by atoms with Gasteiger partial charge in [0.15, 0.2) is 0 Å². The minimum atomic E-state index is -0.989. The lowest BCUT2D eigenvalue weighted by Crippen LogP contribution is -2.29. The van der Waals surface area contributed by atoms with Crippen LogP contribution in [0, 0.1) is 0 Å². The van der Waals surface area contributed by atoms with Crippen LogP contribution in [0.5, 0.6) is 0 Å². The zero-order valence-corrected chi connectivity index (χ0v) is 13.2. The molecule has 1 aromatic carbocycles. The maximum absolute atomic E-state index is 12.3.